The first-order valence-electron chi connectivity index (χ1n) is 8.10. The molecule has 0 amide bonds. The van der Waals surface area contributed by atoms with Crippen LogP contribution in [0.2, 0.25) is 0 Å². The van der Waals surface area contributed by atoms with Crippen LogP contribution in [0.1, 0.15) is 44.2 Å². The van der Waals surface area contributed by atoms with Crippen LogP contribution in [-0.4, -0.2) is 29.2 Å². The fraction of sp³-hybridized carbons (Fsp3) is 0.812. The molecule has 2 unspecified atom stereocenters. The smallest absolute Gasteiger partial charge is 0.153 e. The minimum atomic E-state index is -3.00. The molecule has 4 aliphatic rings. The highest BCUT2D eigenvalue weighted by Gasteiger charge is 2.61. The van der Waals surface area contributed by atoms with Crippen molar-refractivity contribution in [2.24, 2.45) is 17.3 Å². The van der Waals surface area contributed by atoms with Gasteiger partial charge in [-0.25, -0.2) is 8.42 Å². The van der Waals surface area contributed by atoms with Crippen LogP contribution in [-0.2, 0) is 16.4 Å². The molecule has 1 aromatic heterocycles. The van der Waals surface area contributed by atoms with E-state index in [0.717, 1.165) is 36.0 Å². The van der Waals surface area contributed by atoms with Crippen LogP contribution in [0.5, 0.6) is 0 Å². The summed E-state index contributed by atoms with van der Waals surface area (Å²) in [6.45, 7) is 2.94. The molecule has 0 saturated heterocycles. The highest BCUT2D eigenvalue weighted by atomic mass is 79.9. The molecule has 4 saturated carbocycles. The highest BCUT2D eigenvalue weighted by molar-refractivity contribution is 9.10. The fourth-order valence-electron chi connectivity index (χ4n) is 5.88. The maximum absolute atomic E-state index is 12.5. The molecule has 0 aliphatic heterocycles. The van der Waals surface area contributed by atoms with E-state index >= 15 is 0 Å². The third kappa shape index (κ3) is 2.13. The van der Waals surface area contributed by atoms with Crippen LogP contribution in [0, 0.1) is 24.2 Å². The summed E-state index contributed by atoms with van der Waals surface area (Å²) in [5.74, 6) is 1.19. The Morgan fingerprint density at radius 2 is 1.95 bits per heavy atom. The van der Waals surface area contributed by atoms with Crippen LogP contribution in [0.4, 0.5) is 0 Å². The first-order valence-corrected chi connectivity index (χ1v) is 10.8. The summed E-state index contributed by atoms with van der Waals surface area (Å²) in [4.78, 5) is 0. The van der Waals surface area contributed by atoms with E-state index in [9.17, 15) is 8.42 Å². The van der Waals surface area contributed by atoms with Crippen molar-refractivity contribution < 1.29 is 8.42 Å². The molecule has 4 fully saturated rings. The minimum Gasteiger partial charge on any atom is -0.268 e. The maximum Gasteiger partial charge on any atom is 0.153 e. The number of halogens is 1. The summed E-state index contributed by atoms with van der Waals surface area (Å²) < 4.78 is 27.7. The standard InChI is InChI=1S/C16H23BrN2O2S/c1-11-14(17)8-18-19(11)10-15-4-12-3-13(5-15)7-16(6-12,9-15)22(2,20)21/h8,12-13H,3-7,9-10H2,1-2H3. The molecule has 1 heterocycles. The predicted octanol–water partition coefficient (Wildman–Crippen LogP) is 3.34. The van der Waals surface area contributed by atoms with Gasteiger partial charge < -0.3 is 0 Å². The summed E-state index contributed by atoms with van der Waals surface area (Å²) in [6, 6.07) is 0. The number of hydrogen-bond donors (Lipinski definition) is 0. The van der Waals surface area contributed by atoms with Crippen molar-refractivity contribution in [3.63, 3.8) is 0 Å². The van der Waals surface area contributed by atoms with E-state index in [0.29, 0.717) is 11.8 Å². The van der Waals surface area contributed by atoms with Gasteiger partial charge in [-0.2, -0.15) is 5.10 Å². The molecular formula is C16H23BrN2O2S. The molecule has 122 valence electrons. The van der Waals surface area contributed by atoms with Crippen molar-refractivity contribution in [3.8, 4) is 0 Å². The van der Waals surface area contributed by atoms with E-state index in [-0.39, 0.29) is 5.41 Å². The van der Waals surface area contributed by atoms with Gasteiger partial charge in [0.25, 0.3) is 0 Å². The molecule has 1 aromatic rings. The topological polar surface area (TPSA) is 52.0 Å². The van der Waals surface area contributed by atoms with Crippen LogP contribution >= 0.6 is 15.9 Å². The Hall–Kier alpha value is -0.360. The number of sulfone groups is 1. The summed E-state index contributed by atoms with van der Waals surface area (Å²) in [5.41, 5.74) is 1.27. The zero-order valence-corrected chi connectivity index (χ0v) is 15.6. The van der Waals surface area contributed by atoms with Crippen LogP contribution < -0.4 is 0 Å². The van der Waals surface area contributed by atoms with Gasteiger partial charge in [0.15, 0.2) is 9.84 Å². The van der Waals surface area contributed by atoms with Gasteiger partial charge in [-0.3, -0.25) is 4.68 Å². The Labute approximate surface area is 140 Å². The second-order valence-corrected chi connectivity index (χ2v) is 11.4. The number of nitrogens with zero attached hydrogens (tertiary/aromatic N) is 2. The molecule has 22 heavy (non-hydrogen) atoms. The number of rotatable bonds is 3. The van der Waals surface area contributed by atoms with Gasteiger partial charge in [-0.05, 0) is 78.6 Å². The molecule has 0 radical (unpaired) electrons. The van der Waals surface area contributed by atoms with Crippen molar-refractivity contribution in [3.05, 3.63) is 16.4 Å². The summed E-state index contributed by atoms with van der Waals surface area (Å²) in [7, 11) is -3.00. The average molecular weight is 387 g/mol. The zero-order chi connectivity index (χ0) is 15.8. The first-order chi connectivity index (χ1) is 10.2. The molecule has 0 aromatic carbocycles. The molecule has 2 atom stereocenters. The van der Waals surface area contributed by atoms with E-state index in [2.05, 4.69) is 32.6 Å². The largest absolute Gasteiger partial charge is 0.268 e. The van der Waals surface area contributed by atoms with Crippen molar-refractivity contribution in [1.29, 1.82) is 0 Å². The minimum absolute atomic E-state index is 0.128. The van der Waals surface area contributed by atoms with E-state index in [4.69, 9.17) is 0 Å². The van der Waals surface area contributed by atoms with Gasteiger partial charge in [0.1, 0.15) is 0 Å². The second kappa shape index (κ2) is 4.59. The lowest BCUT2D eigenvalue weighted by Gasteiger charge is -2.61. The van der Waals surface area contributed by atoms with E-state index in [1.807, 2.05) is 6.20 Å². The predicted molar refractivity (Wildman–Crippen MR) is 89.4 cm³/mol. The molecular weight excluding hydrogens is 364 g/mol. The van der Waals surface area contributed by atoms with Gasteiger partial charge in [-0.1, -0.05) is 0 Å². The lowest BCUT2D eigenvalue weighted by molar-refractivity contribution is -0.0521. The van der Waals surface area contributed by atoms with Gasteiger partial charge in [0.05, 0.1) is 15.4 Å². The molecule has 0 spiro atoms. The van der Waals surface area contributed by atoms with Gasteiger partial charge >= 0.3 is 0 Å². The first kappa shape index (κ1) is 15.2. The van der Waals surface area contributed by atoms with Crippen molar-refractivity contribution in [2.45, 2.75) is 56.7 Å². The molecule has 4 nitrogen and oxygen atoms in total. The summed E-state index contributed by atoms with van der Waals surface area (Å²) >= 11 is 3.53. The fourth-order valence-corrected chi connectivity index (χ4v) is 7.83. The Morgan fingerprint density at radius 1 is 1.32 bits per heavy atom. The van der Waals surface area contributed by atoms with Crippen molar-refractivity contribution >= 4 is 25.8 Å². The lowest BCUT2D eigenvalue weighted by Crippen LogP contribution is -2.59. The van der Waals surface area contributed by atoms with Gasteiger partial charge in [0.2, 0.25) is 0 Å². The summed E-state index contributed by atoms with van der Waals surface area (Å²) in [5, 5.41) is 4.50. The molecule has 5 rings (SSSR count). The van der Waals surface area contributed by atoms with Crippen molar-refractivity contribution in [1.82, 2.24) is 9.78 Å². The third-order valence-corrected chi connectivity index (χ3v) is 9.27. The van der Waals surface area contributed by atoms with Gasteiger partial charge in [0, 0.05) is 18.5 Å². The summed E-state index contributed by atoms with van der Waals surface area (Å²) in [6.07, 6.45) is 9.53. The SMILES string of the molecule is Cc1c(Br)cnn1CC12CC3CC(C1)CC(S(C)(=O)=O)(C3)C2. The molecule has 6 heteroatoms. The highest BCUT2D eigenvalue weighted by Crippen LogP contribution is 2.64. The Bertz CT molecular complexity index is 711. The van der Waals surface area contributed by atoms with Crippen LogP contribution in [0.25, 0.3) is 0 Å². The number of hydrogen-bond acceptors (Lipinski definition) is 3. The Kier molecular flexibility index (Phi) is 3.17. The normalized spacial score (nSPS) is 40.3. The number of aromatic nitrogens is 2. The van der Waals surface area contributed by atoms with Crippen LogP contribution in [0.3, 0.4) is 0 Å². The second-order valence-electron chi connectivity index (χ2n) is 8.15. The molecule has 0 N–H and O–H groups in total. The van der Waals surface area contributed by atoms with Crippen molar-refractivity contribution in [2.75, 3.05) is 6.26 Å². The van der Waals surface area contributed by atoms with E-state index < -0.39 is 14.6 Å². The zero-order valence-electron chi connectivity index (χ0n) is 13.2. The van der Waals surface area contributed by atoms with E-state index in [1.54, 1.807) is 0 Å². The average Bonchev–Trinajstić information content (AvgIpc) is 2.67. The monoisotopic (exact) mass is 386 g/mol. The van der Waals surface area contributed by atoms with Gasteiger partial charge in [-0.15, -0.1) is 0 Å². The maximum atomic E-state index is 12.5. The molecule has 4 aliphatic carbocycles. The van der Waals surface area contributed by atoms with E-state index in [1.165, 1.54) is 25.5 Å². The lowest BCUT2D eigenvalue weighted by atomic mass is 9.49. The molecule has 4 bridgehead atoms. The quantitative estimate of drug-likeness (QED) is 0.800. The Balaban J connectivity index is 1.72. The Morgan fingerprint density at radius 3 is 2.45 bits per heavy atom. The third-order valence-electron chi connectivity index (χ3n) is 6.44. The van der Waals surface area contributed by atoms with Crippen LogP contribution in [0.15, 0.2) is 10.7 Å².